The average molecular weight is 265 g/mol. The van der Waals surface area contributed by atoms with E-state index in [1.165, 1.54) is 0 Å². The average Bonchev–Trinajstić information content (AvgIpc) is 2.16. The number of hydrogen-bond donors (Lipinski definition) is 0. The van der Waals surface area contributed by atoms with E-state index in [4.69, 9.17) is 0 Å². The van der Waals surface area contributed by atoms with E-state index >= 15 is 0 Å². The molecule has 1 rings (SSSR count). The lowest BCUT2D eigenvalue weighted by molar-refractivity contribution is -0.527. The van der Waals surface area contributed by atoms with E-state index in [0.717, 1.165) is 0 Å². The van der Waals surface area contributed by atoms with Crippen LogP contribution in [0, 0.1) is 20.9 Å². The first-order valence-electron chi connectivity index (χ1n) is 4.20. The zero-order chi connectivity index (χ0) is 10.7. The van der Waals surface area contributed by atoms with Crippen LogP contribution < -0.4 is 0 Å². The van der Waals surface area contributed by atoms with E-state index in [1.54, 1.807) is 0 Å². The van der Waals surface area contributed by atoms with Gasteiger partial charge in [0.15, 0.2) is 0 Å². The molecule has 14 heavy (non-hydrogen) atoms. The lowest BCUT2D eigenvalue weighted by atomic mass is 9.84. The Morgan fingerprint density at radius 1 is 1.43 bits per heavy atom. The van der Waals surface area contributed by atoms with Crippen molar-refractivity contribution in [2.75, 3.05) is 0 Å². The minimum Gasteiger partial charge on any atom is -0.286 e. The van der Waals surface area contributed by atoms with Crippen LogP contribution >= 0.6 is 15.9 Å². The van der Waals surface area contributed by atoms with Crippen LogP contribution in [0.3, 0.4) is 0 Å². The summed E-state index contributed by atoms with van der Waals surface area (Å²) in [5.41, 5.74) is 0. The number of nitro groups is 1. The Morgan fingerprint density at radius 2 is 2.07 bits per heavy atom. The Balaban J connectivity index is 2.70. The molecule has 1 aliphatic rings. The molecule has 1 saturated carbocycles. The maximum Gasteiger partial charge on any atom is 0.216 e. The van der Waals surface area contributed by atoms with Crippen LogP contribution in [0.4, 0.5) is 0 Å². The largest absolute Gasteiger partial charge is 0.286 e. The number of carbonyl (C=O) groups excluding carboxylic acids is 1. The standard InChI is InChI=1S/C7H9BrN2O4/c8-7(11)4-1-5(9-12)3-6(2-4)10(13)14/h4-6H,1-3H2. The minimum atomic E-state index is -0.821. The maximum absolute atomic E-state index is 11.0. The Hall–Kier alpha value is -0.850. The first-order valence-corrected chi connectivity index (χ1v) is 4.99. The van der Waals surface area contributed by atoms with Crippen LogP contribution in [-0.2, 0) is 4.79 Å². The Kier molecular flexibility index (Phi) is 3.68. The molecule has 0 spiro atoms. The van der Waals surface area contributed by atoms with E-state index < -0.39 is 22.9 Å². The number of rotatable bonds is 3. The minimum absolute atomic E-state index is 0.146. The zero-order valence-electron chi connectivity index (χ0n) is 7.26. The molecule has 0 bridgehead atoms. The lowest BCUT2D eigenvalue weighted by Crippen LogP contribution is -2.35. The summed E-state index contributed by atoms with van der Waals surface area (Å²) in [6.45, 7) is 0. The molecule has 1 aliphatic carbocycles. The van der Waals surface area contributed by atoms with E-state index in [0.29, 0.717) is 6.42 Å². The van der Waals surface area contributed by atoms with Gasteiger partial charge < -0.3 is 0 Å². The van der Waals surface area contributed by atoms with Crippen molar-refractivity contribution in [2.45, 2.75) is 31.3 Å². The first-order chi connectivity index (χ1) is 6.54. The summed E-state index contributed by atoms with van der Waals surface area (Å²) in [5, 5.41) is 13.3. The fraction of sp³-hybridized carbons (Fsp3) is 0.857. The molecule has 78 valence electrons. The second kappa shape index (κ2) is 4.59. The molecule has 0 aromatic carbocycles. The zero-order valence-corrected chi connectivity index (χ0v) is 8.84. The molecule has 0 aromatic heterocycles. The number of nitrogens with zero attached hydrogens (tertiary/aromatic N) is 2. The molecule has 3 unspecified atom stereocenters. The maximum atomic E-state index is 11.0. The van der Waals surface area contributed by atoms with Crippen molar-refractivity contribution in [2.24, 2.45) is 11.1 Å². The van der Waals surface area contributed by atoms with Gasteiger partial charge in [-0.1, -0.05) is 5.18 Å². The quantitative estimate of drug-likeness (QED) is 0.334. The summed E-state index contributed by atoms with van der Waals surface area (Å²) in [6.07, 6.45) is 0.661. The van der Waals surface area contributed by atoms with Crippen molar-refractivity contribution < 1.29 is 9.72 Å². The third-order valence-corrected chi connectivity index (χ3v) is 3.07. The topological polar surface area (TPSA) is 89.6 Å². The van der Waals surface area contributed by atoms with Gasteiger partial charge in [-0.25, -0.2) is 0 Å². The van der Waals surface area contributed by atoms with Crippen molar-refractivity contribution in [3.63, 3.8) is 0 Å². The molecule has 0 amide bonds. The molecule has 3 atom stereocenters. The van der Waals surface area contributed by atoms with Gasteiger partial charge >= 0.3 is 0 Å². The molecule has 0 heterocycles. The Labute approximate surface area is 88.3 Å². The normalized spacial score (nSPS) is 32.2. The van der Waals surface area contributed by atoms with Gasteiger partial charge in [0.2, 0.25) is 10.7 Å². The van der Waals surface area contributed by atoms with E-state index in [-0.39, 0.29) is 17.5 Å². The van der Waals surface area contributed by atoms with Crippen LogP contribution in [-0.4, -0.2) is 21.7 Å². The van der Waals surface area contributed by atoms with Crippen molar-refractivity contribution in [3.05, 3.63) is 15.0 Å². The molecule has 0 N–H and O–H groups in total. The molecule has 1 fully saturated rings. The SMILES string of the molecule is O=NC1CC(C(=O)Br)CC([N+](=O)[O-])C1. The highest BCUT2D eigenvalue weighted by molar-refractivity contribution is 9.18. The number of hydrogen-bond acceptors (Lipinski definition) is 5. The Bertz CT molecular complexity index is 248. The van der Waals surface area contributed by atoms with Crippen molar-refractivity contribution in [3.8, 4) is 0 Å². The smallest absolute Gasteiger partial charge is 0.216 e. The summed E-state index contributed by atoms with van der Waals surface area (Å²) >= 11 is 2.76. The summed E-state index contributed by atoms with van der Waals surface area (Å²) in [6, 6.07) is -1.43. The van der Waals surface area contributed by atoms with Gasteiger partial charge in [0.1, 0.15) is 0 Å². The lowest BCUT2D eigenvalue weighted by Gasteiger charge is -2.24. The summed E-state index contributed by atoms with van der Waals surface area (Å²) in [5.74, 6) is -0.457. The van der Waals surface area contributed by atoms with Crippen LogP contribution in [0.5, 0.6) is 0 Å². The predicted octanol–water partition coefficient (Wildman–Crippen LogP) is 1.49. The van der Waals surface area contributed by atoms with Crippen molar-refractivity contribution >= 4 is 20.6 Å². The number of nitroso groups, excluding NO2 is 1. The van der Waals surface area contributed by atoms with Gasteiger partial charge in [0.25, 0.3) is 0 Å². The monoisotopic (exact) mass is 264 g/mol. The van der Waals surface area contributed by atoms with Gasteiger partial charge in [-0.05, 0) is 22.4 Å². The molecular weight excluding hydrogens is 256 g/mol. The molecule has 0 radical (unpaired) electrons. The van der Waals surface area contributed by atoms with Gasteiger partial charge in [0.05, 0.1) is 6.04 Å². The number of carbonyl (C=O) groups is 1. The third-order valence-electron chi connectivity index (χ3n) is 2.43. The van der Waals surface area contributed by atoms with Gasteiger partial charge in [-0.3, -0.25) is 14.9 Å². The second-order valence-corrected chi connectivity index (χ2v) is 4.19. The summed E-state index contributed by atoms with van der Waals surface area (Å²) in [7, 11) is 0. The predicted molar refractivity (Wildman–Crippen MR) is 51.6 cm³/mol. The molecule has 0 aliphatic heterocycles. The highest BCUT2D eigenvalue weighted by atomic mass is 79.9. The molecular formula is C7H9BrN2O4. The number of halogens is 1. The molecule has 7 heteroatoms. The summed E-state index contributed by atoms with van der Waals surface area (Å²) in [4.78, 5) is 31.4. The van der Waals surface area contributed by atoms with Gasteiger partial charge in [-0.15, -0.1) is 0 Å². The third kappa shape index (κ3) is 2.57. The fourth-order valence-electron chi connectivity index (χ4n) is 1.70. The van der Waals surface area contributed by atoms with Crippen LogP contribution in [0.2, 0.25) is 0 Å². The van der Waals surface area contributed by atoms with Gasteiger partial charge in [-0.2, -0.15) is 4.91 Å². The second-order valence-electron chi connectivity index (χ2n) is 3.41. The Morgan fingerprint density at radius 3 is 2.50 bits per heavy atom. The van der Waals surface area contributed by atoms with Crippen LogP contribution in [0.15, 0.2) is 5.18 Å². The van der Waals surface area contributed by atoms with Crippen LogP contribution in [0.1, 0.15) is 19.3 Å². The molecule has 0 aromatic rings. The highest BCUT2D eigenvalue weighted by Gasteiger charge is 2.38. The summed E-state index contributed by atoms with van der Waals surface area (Å²) < 4.78 is -0.280. The van der Waals surface area contributed by atoms with Gasteiger partial charge in [0, 0.05) is 23.7 Å². The fourth-order valence-corrected chi connectivity index (χ4v) is 2.08. The van der Waals surface area contributed by atoms with Crippen LogP contribution in [0.25, 0.3) is 0 Å². The van der Waals surface area contributed by atoms with Crippen molar-refractivity contribution in [1.82, 2.24) is 0 Å². The van der Waals surface area contributed by atoms with E-state index in [1.807, 2.05) is 0 Å². The molecule has 0 saturated heterocycles. The molecule has 6 nitrogen and oxygen atoms in total. The van der Waals surface area contributed by atoms with E-state index in [9.17, 15) is 19.8 Å². The first kappa shape index (κ1) is 11.2. The van der Waals surface area contributed by atoms with Crippen molar-refractivity contribution in [1.29, 1.82) is 0 Å². The van der Waals surface area contributed by atoms with E-state index in [2.05, 4.69) is 21.1 Å². The highest BCUT2D eigenvalue weighted by Crippen LogP contribution is 2.30.